The van der Waals surface area contributed by atoms with Gasteiger partial charge in [0.05, 0.1) is 0 Å². The molecule has 2 rings (SSSR count). The van der Waals surface area contributed by atoms with Gasteiger partial charge in [-0.2, -0.15) is 0 Å². The van der Waals surface area contributed by atoms with Gasteiger partial charge in [0.25, 0.3) is 0 Å². The van der Waals surface area contributed by atoms with Crippen LogP contribution in [-0.2, 0) is 13.4 Å². The Hall–Kier alpha value is -1.63. The van der Waals surface area contributed by atoms with Crippen LogP contribution in [0.3, 0.4) is 0 Å². The molecule has 0 radical (unpaired) electrons. The predicted octanol–water partition coefficient (Wildman–Crippen LogP) is 5.00. The van der Waals surface area contributed by atoms with Gasteiger partial charge in [-0.25, -0.2) is 4.57 Å². The van der Waals surface area contributed by atoms with Gasteiger partial charge in [0, 0.05) is 28.2 Å². The Balaban J connectivity index is 2.88. The van der Waals surface area contributed by atoms with Gasteiger partial charge in [0.2, 0.25) is 5.69 Å². The maximum Gasteiger partial charge on any atom is 0.212 e. The standard InChI is InChI=1S/C21H30N/c1-14-9-16(3)19(10-15(14)2)20-11-18(12-21(5,6)7)17(4)13-22(20)8/h9-11,13H,12H2,1-8H3/q+1/i1D3,4D3,12D2. The van der Waals surface area contributed by atoms with E-state index in [9.17, 15) is 0 Å². The van der Waals surface area contributed by atoms with Crippen LogP contribution in [0.25, 0.3) is 11.3 Å². The first-order valence-electron chi connectivity index (χ1n) is 11.4. The molecule has 0 bridgehead atoms. The Bertz CT molecular complexity index is 963. The van der Waals surface area contributed by atoms with Gasteiger partial charge in [-0.3, -0.25) is 0 Å². The third kappa shape index (κ3) is 3.58. The van der Waals surface area contributed by atoms with Crippen LogP contribution in [0.1, 0.15) is 59.6 Å². The van der Waals surface area contributed by atoms with Crippen LogP contribution in [0.2, 0.25) is 0 Å². The summed E-state index contributed by atoms with van der Waals surface area (Å²) in [6.07, 6.45) is -0.436. The molecule has 0 amide bonds. The summed E-state index contributed by atoms with van der Waals surface area (Å²) in [4.78, 5) is 0. The molecule has 0 saturated heterocycles. The van der Waals surface area contributed by atoms with Gasteiger partial charge in [0.1, 0.15) is 7.05 Å². The first-order valence-corrected chi connectivity index (χ1v) is 7.45. The molecule has 0 unspecified atom stereocenters. The molecule has 1 aromatic heterocycles. The number of rotatable bonds is 2. The third-order valence-corrected chi connectivity index (χ3v) is 3.63. The van der Waals surface area contributed by atoms with Crippen molar-refractivity contribution >= 4 is 0 Å². The second-order valence-electron chi connectivity index (χ2n) is 6.95. The van der Waals surface area contributed by atoms with Gasteiger partial charge in [-0.15, -0.1) is 0 Å². The minimum atomic E-state index is -2.47. The summed E-state index contributed by atoms with van der Waals surface area (Å²) in [6.45, 7) is 4.06. The van der Waals surface area contributed by atoms with Crippen molar-refractivity contribution in [3.8, 4) is 11.3 Å². The van der Waals surface area contributed by atoms with Crippen LogP contribution in [0.5, 0.6) is 0 Å². The van der Waals surface area contributed by atoms with Crippen molar-refractivity contribution in [2.24, 2.45) is 12.5 Å². The van der Waals surface area contributed by atoms with Crippen LogP contribution in [0.4, 0.5) is 0 Å². The zero-order chi connectivity index (χ0) is 23.4. The number of aromatic nitrogens is 1. The monoisotopic (exact) mass is 304 g/mol. The highest BCUT2D eigenvalue weighted by atomic mass is 14.9. The molecule has 2 aromatic rings. The van der Waals surface area contributed by atoms with Gasteiger partial charge in [0.15, 0.2) is 6.20 Å². The third-order valence-electron chi connectivity index (χ3n) is 3.63. The molecule has 0 atom stereocenters. The molecule has 1 nitrogen and oxygen atoms in total. The second kappa shape index (κ2) is 5.87. The smallest absolute Gasteiger partial charge is 0.201 e. The molecule has 1 heteroatoms. The van der Waals surface area contributed by atoms with E-state index >= 15 is 0 Å². The number of benzene rings is 1. The molecule has 0 aliphatic heterocycles. The minimum Gasteiger partial charge on any atom is -0.201 e. The molecule has 0 fully saturated rings. The maximum atomic E-state index is 8.71. The summed E-state index contributed by atoms with van der Waals surface area (Å²) in [6, 6.07) is 5.01. The predicted molar refractivity (Wildman–Crippen MR) is 95.2 cm³/mol. The average Bonchev–Trinajstić information content (AvgIpc) is 2.53. The van der Waals surface area contributed by atoms with Gasteiger partial charge in [-0.1, -0.05) is 26.8 Å². The minimum absolute atomic E-state index is 0.0258. The van der Waals surface area contributed by atoms with Crippen molar-refractivity contribution in [2.75, 3.05) is 0 Å². The van der Waals surface area contributed by atoms with Crippen molar-refractivity contribution < 1.29 is 15.5 Å². The maximum absolute atomic E-state index is 8.71. The molecule has 0 spiro atoms. The SMILES string of the molecule is [2H]C([2H])([2H])c1cc(C)c(-c2cc(C([2H])([2H])C(C)(C)C)c(C([2H])([2H])[2H])c[n+]2C)cc1C. The molecule has 118 valence electrons. The van der Waals surface area contributed by atoms with Gasteiger partial charge < -0.3 is 0 Å². The Morgan fingerprint density at radius 1 is 1.00 bits per heavy atom. The molecule has 0 aliphatic carbocycles. The number of aryl methyl sites for hydroxylation is 5. The molecule has 0 aliphatic rings. The van der Waals surface area contributed by atoms with Gasteiger partial charge in [-0.05, 0) is 67.7 Å². The number of pyridine rings is 1. The van der Waals surface area contributed by atoms with E-state index in [4.69, 9.17) is 11.0 Å². The highest BCUT2D eigenvalue weighted by molar-refractivity contribution is 5.64. The second-order valence-corrected chi connectivity index (χ2v) is 6.95. The number of nitrogens with zero attached hydrogens (tertiary/aromatic N) is 1. The van der Waals surface area contributed by atoms with Crippen molar-refractivity contribution in [1.29, 1.82) is 0 Å². The lowest BCUT2D eigenvalue weighted by Gasteiger charge is -2.20. The quantitative estimate of drug-likeness (QED) is 0.687. The van der Waals surface area contributed by atoms with Gasteiger partial charge >= 0.3 is 0 Å². The van der Waals surface area contributed by atoms with Crippen molar-refractivity contribution in [2.45, 2.75) is 54.7 Å². The van der Waals surface area contributed by atoms with E-state index in [0.717, 1.165) is 11.1 Å². The van der Waals surface area contributed by atoms with E-state index in [2.05, 4.69) is 0 Å². The normalized spacial score (nSPS) is 19.0. The van der Waals surface area contributed by atoms with Crippen molar-refractivity contribution in [3.05, 3.63) is 52.2 Å². The summed E-state index contributed by atoms with van der Waals surface area (Å²) in [5.41, 5.74) is 2.25. The van der Waals surface area contributed by atoms with E-state index in [1.54, 1.807) is 64.4 Å². The van der Waals surface area contributed by atoms with Crippen LogP contribution < -0.4 is 4.57 Å². The van der Waals surface area contributed by atoms with Crippen molar-refractivity contribution in [1.82, 2.24) is 0 Å². The molecular formula is C21H30N+. The molecule has 0 N–H and O–H groups in total. The Kier molecular flexibility index (Phi) is 2.36. The number of hydrogen-bond acceptors (Lipinski definition) is 0. The van der Waals surface area contributed by atoms with E-state index in [-0.39, 0.29) is 16.7 Å². The topological polar surface area (TPSA) is 3.88 Å². The first-order chi connectivity index (χ1) is 13.3. The lowest BCUT2D eigenvalue weighted by atomic mass is 9.86. The molecule has 22 heavy (non-hydrogen) atoms. The highest BCUT2D eigenvalue weighted by Gasteiger charge is 2.20. The van der Waals surface area contributed by atoms with Crippen LogP contribution in [0, 0.1) is 33.0 Å². The summed E-state index contributed by atoms with van der Waals surface area (Å²) < 4.78 is 66.1. The molecule has 1 heterocycles. The molecule has 0 saturated carbocycles. The van der Waals surface area contributed by atoms with Crippen molar-refractivity contribution in [3.63, 3.8) is 0 Å². The summed E-state index contributed by atoms with van der Waals surface area (Å²) >= 11 is 0. The van der Waals surface area contributed by atoms with Crippen LogP contribution >= 0.6 is 0 Å². The lowest BCUT2D eigenvalue weighted by Crippen LogP contribution is -2.32. The summed E-state index contributed by atoms with van der Waals surface area (Å²) in [7, 11) is 1.72. The Labute approximate surface area is 147 Å². The summed E-state index contributed by atoms with van der Waals surface area (Å²) in [5, 5.41) is 0. The molecule has 1 aromatic carbocycles. The van der Waals surface area contributed by atoms with Crippen LogP contribution in [0.15, 0.2) is 24.4 Å². The van der Waals surface area contributed by atoms with E-state index in [1.165, 1.54) is 6.20 Å². The Morgan fingerprint density at radius 3 is 2.27 bits per heavy atom. The van der Waals surface area contributed by atoms with E-state index in [0.29, 0.717) is 11.3 Å². The average molecular weight is 305 g/mol. The van der Waals surface area contributed by atoms with E-state index < -0.39 is 25.5 Å². The number of hydrogen-bond donors (Lipinski definition) is 0. The van der Waals surface area contributed by atoms with E-state index in [1.807, 2.05) is 0 Å². The highest BCUT2D eigenvalue weighted by Crippen LogP contribution is 2.28. The van der Waals surface area contributed by atoms with Crippen LogP contribution in [-0.4, -0.2) is 0 Å². The zero-order valence-electron chi connectivity index (χ0n) is 22.3. The Morgan fingerprint density at radius 2 is 1.68 bits per heavy atom. The largest absolute Gasteiger partial charge is 0.212 e. The molecular weight excluding hydrogens is 266 g/mol. The fourth-order valence-corrected chi connectivity index (χ4v) is 2.52. The lowest BCUT2D eigenvalue weighted by molar-refractivity contribution is -0.660. The zero-order valence-corrected chi connectivity index (χ0v) is 14.3. The summed E-state index contributed by atoms with van der Waals surface area (Å²) in [5.74, 6) is 0. The fraction of sp³-hybridized carbons (Fsp3) is 0.476. The first kappa shape index (κ1) is 8.86. The fourth-order valence-electron chi connectivity index (χ4n) is 2.52.